The zero-order valence-electron chi connectivity index (χ0n) is 17.7. The van der Waals surface area contributed by atoms with E-state index in [0.717, 1.165) is 29.2 Å². The second-order valence-corrected chi connectivity index (χ2v) is 7.86. The summed E-state index contributed by atoms with van der Waals surface area (Å²) in [5.41, 5.74) is 5.05. The van der Waals surface area contributed by atoms with Crippen LogP contribution in [0.15, 0.2) is 35.3 Å². The average molecular weight is 396 g/mol. The Bertz CT molecular complexity index is 1070. The van der Waals surface area contributed by atoms with E-state index in [0.29, 0.717) is 30.1 Å². The lowest BCUT2D eigenvalue weighted by molar-refractivity contribution is -0.116. The van der Waals surface area contributed by atoms with Crippen LogP contribution in [0.3, 0.4) is 0 Å². The number of carbonyl (C=O) groups is 1. The molecule has 2 N–H and O–H groups in total. The van der Waals surface area contributed by atoms with E-state index in [-0.39, 0.29) is 11.6 Å². The largest absolute Gasteiger partial charge is 0.330 e. The van der Waals surface area contributed by atoms with Crippen molar-refractivity contribution in [2.24, 2.45) is 5.92 Å². The van der Waals surface area contributed by atoms with Gasteiger partial charge in [0.25, 0.3) is 0 Å². The maximum absolute atomic E-state index is 12.7. The molecule has 0 bridgehead atoms. The van der Waals surface area contributed by atoms with Crippen molar-refractivity contribution >= 4 is 11.6 Å². The van der Waals surface area contributed by atoms with Crippen molar-refractivity contribution in [2.75, 3.05) is 5.32 Å². The fraction of sp³-hybridized carbons (Fsp3) is 0.409. The molecular weight excluding hydrogens is 366 g/mol. The van der Waals surface area contributed by atoms with Crippen molar-refractivity contribution in [3.8, 4) is 5.69 Å². The van der Waals surface area contributed by atoms with Crippen LogP contribution in [-0.2, 0) is 17.8 Å². The molecule has 0 fully saturated rings. The molecule has 0 aliphatic rings. The molecule has 2 heterocycles. The monoisotopic (exact) mass is 395 g/mol. The summed E-state index contributed by atoms with van der Waals surface area (Å²) in [6, 6.07) is 7.32. The third-order valence-electron chi connectivity index (χ3n) is 5.05. The van der Waals surface area contributed by atoms with Crippen LogP contribution in [0.1, 0.15) is 42.9 Å². The smallest absolute Gasteiger partial charge is 0.324 e. The summed E-state index contributed by atoms with van der Waals surface area (Å²) in [6.07, 6.45) is 2.64. The molecule has 154 valence electrons. The number of H-pyrrole nitrogens is 1. The van der Waals surface area contributed by atoms with E-state index >= 15 is 0 Å². The van der Waals surface area contributed by atoms with Crippen LogP contribution in [0.25, 0.3) is 5.69 Å². The zero-order chi connectivity index (χ0) is 21.1. The molecule has 0 aliphatic carbocycles. The topological polar surface area (TPSA) is 84.7 Å². The van der Waals surface area contributed by atoms with Crippen molar-refractivity contribution in [1.82, 2.24) is 19.3 Å². The highest BCUT2D eigenvalue weighted by Crippen LogP contribution is 2.21. The van der Waals surface area contributed by atoms with Crippen molar-refractivity contribution in [3.63, 3.8) is 0 Å². The van der Waals surface area contributed by atoms with Gasteiger partial charge >= 0.3 is 5.69 Å². The Morgan fingerprint density at radius 3 is 2.59 bits per heavy atom. The summed E-state index contributed by atoms with van der Waals surface area (Å²) >= 11 is 0. The lowest BCUT2D eigenvalue weighted by atomic mass is 10.1. The summed E-state index contributed by atoms with van der Waals surface area (Å²) in [7, 11) is 0. The first-order valence-electron chi connectivity index (χ1n) is 9.97. The number of anilines is 1. The molecule has 0 unspecified atom stereocenters. The Labute approximate surface area is 170 Å². The van der Waals surface area contributed by atoms with Gasteiger partial charge in [-0.05, 0) is 50.8 Å². The summed E-state index contributed by atoms with van der Waals surface area (Å²) in [5.74, 6) is 0.426. The number of nitrogens with one attached hydrogen (secondary N) is 2. The van der Waals surface area contributed by atoms with Crippen LogP contribution < -0.4 is 11.0 Å². The maximum Gasteiger partial charge on any atom is 0.330 e. The molecule has 1 amide bonds. The summed E-state index contributed by atoms with van der Waals surface area (Å²) < 4.78 is 3.59. The zero-order valence-corrected chi connectivity index (χ0v) is 17.7. The van der Waals surface area contributed by atoms with E-state index in [1.165, 1.54) is 0 Å². The third-order valence-corrected chi connectivity index (χ3v) is 5.05. The normalized spacial score (nSPS) is 11.2. The number of aromatic nitrogens is 4. The van der Waals surface area contributed by atoms with Gasteiger partial charge in [0.2, 0.25) is 5.91 Å². The van der Waals surface area contributed by atoms with Gasteiger partial charge in [0, 0.05) is 30.6 Å². The van der Waals surface area contributed by atoms with Gasteiger partial charge in [-0.2, -0.15) is 5.10 Å². The minimum absolute atomic E-state index is 0.0888. The molecule has 0 atom stereocenters. The van der Waals surface area contributed by atoms with Gasteiger partial charge in [-0.1, -0.05) is 26.0 Å². The fourth-order valence-corrected chi connectivity index (χ4v) is 3.60. The highest BCUT2D eigenvalue weighted by Gasteiger charge is 2.15. The highest BCUT2D eigenvalue weighted by molar-refractivity contribution is 5.93. The Morgan fingerprint density at radius 2 is 1.93 bits per heavy atom. The Balaban J connectivity index is 1.74. The van der Waals surface area contributed by atoms with Gasteiger partial charge in [-0.15, -0.1) is 0 Å². The lowest BCUT2D eigenvalue weighted by Gasteiger charge is -2.12. The Hall–Kier alpha value is -3.09. The second-order valence-electron chi connectivity index (χ2n) is 7.86. The number of amides is 1. The van der Waals surface area contributed by atoms with Crippen LogP contribution in [-0.4, -0.2) is 25.2 Å². The number of nitrogens with zero attached hydrogens (tertiary/aromatic N) is 3. The fourth-order valence-electron chi connectivity index (χ4n) is 3.60. The van der Waals surface area contributed by atoms with Gasteiger partial charge in [-0.25, -0.2) is 4.79 Å². The van der Waals surface area contributed by atoms with Crippen molar-refractivity contribution < 1.29 is 4.79 Å². The van der Waals surface area contributed by atoms with Gasteiger partial charge in [0.05, 0.1) is 17.1 Å². The summed E-state index contributed by atoms with van der Waals surface area (Å²) in [6.45, 7) is 11.1. The maximum atomic E-state index is 12.7. The van der Waals surface area contributed by atoms with E-state index in [1.807, 2.05) is 42.8 Å². The number of hydrogen-bond acceptors (Lipinski definition) is 3. The van der Waals surface area contributed by atoms with Crippen LogP contribution in [0.4, 0.5) is 5.69 Å². The van der Waals surface area contributed by atoms with Crippen LogP contribution in [0, 0.1) is 26.7 Å². The molecule has 0 saturated carbocycles. The molecule has 2 aromatic heterocycles. The predicted molar refractivity (Wildman–Crippen MR) is 115 cm³/mol. The molecule has 1 aromatic carbocycles. The van der Waals surface area contributed by atoms with Crippen molar-refractivity contribution in [2.45, 2.75) is 54.0 Å². The van der Waals surface area contributed by atoms with Crippen LogP contribution in [0.2, 0.25) is 0 Å². The molecule has 3 aromatic rings. The summed E-state index contributed by atoms with van der Waals surface area (Å²) in [5, 5.41) is 7.58. The number of carbonyl (C=O) groups excluding carboxylic acids is 1. The molecule has 3 rings (SSSR count). The van der Waals surface area contributed by atoms with Gasteiger partial charge in [0.15, 0.2) is 0 Å². The van der Waals surface area contributed by atoms with E-state index < -0.39 is 0 Å². The molecule has 0 aliphatic heterocycles. The summed E-state index contributed by atoms with van der Waals surface area (Å²) in [4.78, 5) is 27.5. The predicted octanol–water partition coefficient (Wildman–Crippen LogP) is 3.51. The molecule has 0 radical (unpaired) electrons. The van der Waals surface area contributed by atoms with Crippen molar-refractivity contribution in [3.05, 3.63) is 63.6 Å². The van der Waals surface area contributed by atoms with E-state index in [9.17, 15) is 9.59 Å². The third kappa shape index (κ3) is 4.50. The Morgan fingerprint density at radius 1 is 1.21 bits per heavy atom. The van der Waals surface area contributed by atoms with Crippen LogP contribution in [0.5, 0.6) is 0 Å². The van der Waals surface area contributed by atoms with Crippen LogP contribution >= 0.6 is 0 Å². The first kappa shape index (κ1) is 20.6. The minimum Gasteiger partial charge on any atom is -0.324 e. The van der Waals surface area contributed by atoms with Gasteiger partial charge in [-0.3, -0.25) is 14.0 Å². The SMILES string of the molecule is Cc1nn(CC(C)C)c(C)c1CCC(=O)Nc1ccccc1-n1c(C)c[nH]c1=O. The lowest BCUT2D eigenvalue weighted by Crippen LogP contribution is -2.20. The number of imidazole rings is 1. The Kier molecular flexibility index (Phi) is 6.06. The minimum atomic E-state index is -0.229. The number of benzene rings is 1. The molecule has 0 spiro atoms. The quantitative estimate of drug-likeness (QED) is 0.642. The number of rotatable bonds is 7. The first-order chi connectivity index (χ1) is 13.8. The highest BCUT2D eigenvalue weighted by atomic mass is 16.2. The van der Waals surface area contributed by atoms with E-state index in [4.69, 9.17) is 0 Å². The van der Waals surface area contributed by atoms with Gasteiger partial charge in [0.1, 0.15) is 0 Å². The average Bonchev–Trinajstić information content (AvgIpc) is 3.12. The molecule has 7 nitrogen and oxygen atoms in total. The second kappa shape index (κ2) is 8.51. The first-order valence-corrected chi connectivity index (χ1v) is 9.97. The number of hydrogen-bond donors (Lipinski definition) is 2. The standard InChI is InChI=1S/C22H29N5O2/c1-14(2)13-26-17(5)18(16(4)25-26)10-11-21(28)24-19-8-6-7-9-20(19)27-15(3)12-23-22(27)29/h6-9,12,14H,10-11,13H2,1-5H3,(H,23,29)(H,24,28). The number of aromatic amines is 1. The van der Waals surface area contributed by atoms with Gasteiger partial charge < -0.3 is 10.3 Å². The molecule has 7 heteroatoms. The molecular formula is C22H29N5O2. The molecule has 0 saturated heterocycles. The van der Waals surface area contributed by atoms with E-state index in [1.54, 1.807) is 10.8 Å². The number of aryl methyl sites for hydroxylation is 2. The molecule has 29 heavy (non-hydrogen) atoms. The van der Waals surface area contributed by atoms with E-state index in [2.05, 4.69) is 36.2 Å². The van der Waals surface area contributed by atoms with Crippen molar-refractivity contribution in [1.29, 1.82) is 0 Å². The number of para-hydroxylation sites is 2.